The van der Waals surface area contributed by atoms with Crippen molar-refractivity contribution in [3.8, 4) is 11.5 Å². The van der Waals surface area contributed by atoms with Gasteiger partial charge in [-0.1, -0.05) is 6.07 Å². The molecule has 31 heavy (non-hydrogen) atoms. The molecule has 0 atom stereocenters. The molecule has 0 aliphatic carbocycles. The molecule has 0 unspecified atom stereocenters. The van der Waals surface area contributed by atoms with Gasteiger partial charge in [-0.25, -0.2) is 9.97 Å². The van der Waals surface area contributed by atoms with Crippen molar-refractivity contribution in [1.29, 1.82) is 0 Å². The average Bonchev–Trinajstić information content (AvgIpc) is 3.18. The maximum atomic E-state index is 12.5. The molecular formula is C21H19BrN8O. The van der Waals surface area contributed by atoms with Crippen LogP contribution in [0.2, 0.25) is 0 Å². The lowest BCUT2D eigenvalue weighted by molar-refractivity contribution is 0.0950. The largest absolute Gasteiger partial charge is 0.378 e. The summed E-state index contributed by atoms with van der Waals surface area (Å²) in [6.45, 7) is 0.803. The first kappa shape index (κ1) is 20.6. The Kier molecular flexibility index (Phi) is 6.27. The highest BCUT2D eigenvalue weighted by molar-refractivity contribution is 9.10. The highest BCUT2D eigenvalue weighted by Gasteiger charge is 2.12. The van der Waals surface area contributed by atoms with Crippen molar-refractivity contribution in [2.24, 2.45) is 7.05 Å². The number of aromatic nitrogens is 6. The summed E-state index contributed by atoms with van der Waals surface area (Å²) in [5.41, 5.74) is 2.85. The molecule has 2 N–H and O–H groups in total. The van der Waals surface area contributed by atoms with Gasteiger partial charge in [0, 0.05) is 35.2 Å². The van der Waals surface area contributed by atoms with E-state index in [9.17, 15) is 4.79 Å². The van der Waals surface area contributed by atoms with Crippen molar-refractivity contribution in [2.75, 3.05) is 5.32 Å². The summed E-state index contributed by atoms with van der Waals surface area (Å²) in [5.74, 6) is 1.23. The van der Waals surface area contributed by atoms with Crippen LogP contribution >= 0.6 is 15.9 Å². The quantitative estimate of drug-likeness (QED) is 0.419. The molecule has 0 aliphatic rings. The van der Waals surface area contributed by atoms with Crippen LogP contribution < -0.4 is 10.6 Å². The van der Waals surface area contributed by atoms with Crippen molar-refractivity contribution in [3.05, 3.63) is 82.7 Å². The van der Waals surface area contributed by atoms with Gasteiger partial charge in [0.1, 0.15) is 12.0 Å². The van der Waals surface area contributed by atoms with Gasteiger partial charge in [0.15, 0.2) is 11.6 Å². The standard InChI is InChI=1S/C21H19BrN8O/c1-30-19(28-29-20(30)18-7-8-23-13-27-18)12-25-16-4-2-3-14(9-16)21(31)26-11-17-6-5-15(22)10-24-17/h2-10,13,25H,11-12H2,1H3,(H,26,31). The molecule has 4 rings (SSSR count). The van der Waals surface area contributed by atoms with Gasteiger partial charge in [0.05, 0.1) is 18.8 Å². The molecule has 1 amide bonds. The number of anilines is 1. The second-order valence-corrected chi connectivity index (χ2v) is 7.59. The fourth-order valence-corrected chi connectivity index (χ4v) is 3.13. The van der Waals surface area contributed by atoms with Crippen molar-refractivity contribution in [2.45, 2.75) is 13.1 Å². The van der Waals surface area contributed by atoms with E-state index in [0.717, 1.165) is 21.7 Å². The van der Waals surface area contributed by atoms with Crippen LogP contribution in [0.3, 0.4) is 0 Å². The van der Waals surface area contributed by atoms with E-state index in [1.54, 1.807) is 30.6 Å². The number of hydrogen-bond donors (Lipinski definition) is 2. The maximum Gasteiger partial charge on any atom is 0.251 e. The molecule has 0 radical (unpaired) electrons. The topological polar surface area (TPSA) is 111 Å². The molecule has 0 bridgehead atoms. The number of carbonyl (C=O) groups is 1. The smallest absolute Gasteiger partial charge is 0.251 e. The van der Waals surface area contributed by atoms with Gasteiger partial charge >= 0.3 is 0 Å². The lowest BCUT2D eigenvalue weighted by atomic mass is 10.2. The second kappa shape index (κ2) is 9.43. The number of pyridine rings is 1. The zero-order valence-electron chi connectivity index (χ0n) is 16.7. The molecule has 0 fully saturated rings. The summed E-state index contributed by atoms with van der Waals surface area (Å²) < 4.78 is 2.77. The fraction of sp³-hybridized carbons (Fsp3) is 0.143. The van der Waals surface area contributed by atoms with Crippen molar-refractivity contribution in [1.82, 2.24) is 35.0 Å². The Morgan fingerprint density at radius 3 is 2.77 bits per heavy atom. The Labute approximate surface area is 187 Å². The van der Waals surface area contributed by atoms with E-state index in [1.807, 2.05) is 35.9 Å². The van der Waals surface area contributed by atoms with E-state index < -0.39 is 0 Å². The summed E-state index contributed by atoms with van der Waals surface area (Å²) in [6.07, 6.45) is 4.85. The molecule has 0 spiro atoms. The van der Waals surface area contributed by atoms with Crippen LogP contribution in [0.5, 0.6) is 0 Å². The van der Waals surface area contributed by atoms with Crippen LogP contribution in [0.15, 0.2) is 65.7 Å². The minimum atomic E-state index is -0.168. The van der Waals surface area contributed by atoms with Crippen LogP contribution in [-0.4, -0.2) is 35.6 Å². The van der Waals surface area contributed by atoms with Gasteiger partial charge in [-0.15, -0.1) is 10.2 Å². The number of nitrogens with one attached hydrogen (secondary N) is 2. The second-order valence-electron chi connectivity index (χ2n) is 6.68. The van der Waals surface area contributed by atoms with Crippen LogP contribution in [0.4, 0.5) is 5.69 Å². The Morgan fingerprint density at radius 2 is 2.00 bits per heavy atom. The molecule has 4 aromatic rings. The third kappa shape index (κ3) is 5.10. The Balaban J connectivity index is 1.38. The predicted molar refractivity (Wildman–Crippen MR) is 119 cm³/mol. The van der Waals surface area contributed by atoms with Crippen LogP contribution in [0.25, 0.3) is 11.5 Å². The Morgan fingerprint density at radius 1 is 1.10 bits per heavy atom. The minimum Gasteiger partial charge on any atom is -0.378 e. The summed E-state index contributed by atoms with van der Waals surface area (Å²) in [7, 11) is 1.88. The Hall–Kier alpha value is -3.66. The van der Waals surface area contributed by atoms with Crippen molar-refractivity contribution >= 4 is 27.5 Å². The number of hydrogen-bond acceptors (Lipinski definition) is 7. The number of benzene rings is 1. The van der Waals surface area contributed by atoms with E-state index >= 15 is 0 Å². The van der Waals surface area contributed by atoms with Crippen molar-refractivity contribution < 1.29 is 4.79 Å². The third-order valence-corrected chi connectivity index (χ3v) is 5.04. The molecular weight excluding hydrogens is 460 g/mol. The van der Waals surface area contributed by atoms with Gasteiger partial charge in [0.25, 0.3) is 5.91 Å². The first-order chi connectivity index (χ1) is 15.1. The molecule has 0 aliphatic heterocycles. The minimum absolute atomic E-state index is 0.168. The molecule has 0 saturated carbocycles. The van der Waals surface area contributed by atoms with Crippen molar-refractivity contribution in [3.63, 3.8) is 0 Å². The third-order valence-electron chi connectivity index (χ3n) is 4.57. The van der Waals surface area contributed by atoms with Gasteiger partial charge in [-0.3, -0.25) is 9.78 Å². The molecule has 156 valence electrons. The normalized spacial score (nSPS) is 10.6. The molecule has 1 aromatic carbocycles. The summed E-state index contributed by atoms with van der Waals surface area (Å²) >= 11 is 3.35. The highest BCUT2D eigenvalue weighted by atomic mass is 79.9. The highest BCUT2D eigenvalue weighted by Crippen LogP contribution is 2.16. The first-order valence-electron chi connectivity index (χ1n) is 9.47. The van der Waals surface area contributed by atoms with Gasteiger partial charge in [-0.2, -0.15) is 0 Å². The van der Waals surface area contributed by atoms with Gasteiger partial charge in [0.2, 0.25) is 0 Å². The predicted octanol–water partition coefficient (Wildman–Crippen LogP) is 2.97. The van der Waals surface area contributed by atoms with Crippen LogP contribution in [0.1, 0.15) is 21.9 Å². The van der Waals surface area contributed by atoms with Gasteiger partial charge < -0.3 is 15.2 Å². The number of rotatable bonds is 7. The number of nitrogens with zero attached hydrogens (tertiary/aromatic N) is 6. The molecule has 10 heteroatoms. The zero-order valence-corrected chi connectivity index (χ0v) is 18.2. The average molecular weight is 479 g/mol. The van der Waals surface area contributed by atoms with E-state index in [-0.39, 0.29) is 5.91 Å². The summed E-state index contributed by atoms with van der Waals surface area (Å²) in [6, 6.07) is 12.8. The van der Waals surface area contributed by atoms with E-state index in [1.165, 1.54) is 6.33 Å². The number of amides is 1. The van der Waals surface area contributed by atoms with E-state index in [4.69, 9.17) is 0 Å². The summed E-state index contributed by atoms with van der Waals surface area (Å²) in [5, 5.41) is 14.6. The molecule has 0 saturated heterocycles. The van der Waals surface area contributed by atoms with E-state index in [0.29, 0.717) is 30.2 Å². The SMILES string of the molecule is Cn1c(CNc2cccc(C(=O)NCc3ccc(Br)cn3)c2)nnc1-c1ccncn1. The van der Waals surface area contributed by atoms with E-state index in [2.05, 4.69) is 51.7 Å². The van der Waals surface area contributed by atoms with Crippen LogP contribution in [-0.2, 0) is 20.1 Å². The lowest BCUT2D eigenvalue weighted by Gasteiger charge is -2.09. The summed E-state index contributed by atoms with van der Waals surface area (Å²) in [4.78, 5) is 24.9. The number of halogens is 1. The monoisotopic (exact) mass is 478 g/mol. The molecule has 3 aromatic heterocycles. The molecule has 3 heterocycles. The fourth-order valence-electron chi connectivity index (χ4n) is 2.90. The van der Waals surface area contributed by atoms with Crippen LogP contribution in [0, 0.1) is 0 Å². The zero-order chi connectivity index (χ0) is 21.6. The Bertz CT molecular complexity index is 1180. The first-order valence-corrected chi connectivity index (χ1v) is 10.3. The molecule has 9 nitrogen and oxygen atoms in total. The number of carbonyl (C=O) groups excluding carboxylic acids is 1. The maximum absolute atomic E-state index is 12.5. The van der Waals surface area contributed by atoms with Gasteiger partial charge in [-0.05, 0) is 52.3 Å². The lowest BCUT2D eigenvalue weighted by Crippen LogP contribution is -2.23.